The number of nitrogens with zero attached hydrogens (tertiary/aromatic N) is 1. The minimum atomic E-state index is -5.09. The largest absolute Gasteiger partial charge is 0.574 e. The Morgan fingerprint density at radius 3 is 2.12 bits per heavy atom. The van der Waals surface area contributed by atoms with E-state index in [2.05, 4.69) is 25.7 Å². The molecule has 0 aromatic carbocycles. The van der Waals surface area contributed by atoms with Crippen LogP contribution in [0.5, 0.6) is 5.88 Å². The SMILES string of the molecule is FC(F)(F)Oc1nc(C(F)(F)F)c(Br)cc1I. The van der Waals surface area contributed by atoms with Gasteiger partial charge in [0, 0.05) is 4.47 Å². The van der Waals surface area contributed by atoms with Crippen LogP contribution in [0.25, 0.3) is 0 Å². The number of hydrogen-bond donors (Lipinski definition) is 0. The molecule has 1 heterocycles. The maximum absolute atomic E-state index is 12.4. The molecule has 0 aliphatic carbocycles. The zero-order chi connectivity index (χ0) is 13.4. The van der Waals surface area contributed by atoms with Crippen LogP contribution >= 0.6 is 38.5 Å². The van der Waals surface area contributed by atoms with Gasteiger partial charge in [0.1, 0.15) is 0 Å². The van der Waals surface area contributed by atoms with E-state index in [9.17, 15) is 26.3 Å². The fourth-order valence-electron chi connectivity index (χ4n) is 0.830. The Bertz CT molecular complexity index is 432. The van der Waals surface area contributed by atoms with Gasteiger partial charge in [-0.3, -0.25) is 0 Å². The molecular formula is C7HBrF6INO. The number of ether oxygens (including phenoxy) is 1. The van der Waals surface area contributed by atoms with Crippen LogP contribution in [-0.2, 0) is 6.18 Å². The van der Waals surface area contributed by atoms with Crippen LogP contribution in [0.2, 0.25) is 0 Å². The summed E-state index contributed by atoms with van der Waals surface area (Å²) in [5.41, 5.74) is -1.47. The van der Waals surface area contributed by atoms with E-state index in [1.807, 2.05) is 0 Å². The lowest BCUT2D eigenvalue weighted by Crippen LogP contribution is -2.20. The predicted octanol–water partition coefficient (Wildman–Crippen LogP) is 4.37. The molecule has 1 aromatic heterocycles. The molecule has 1 aromatic rings. The summed E-state index contributed by atoms with van der Waals surface area (Å²) >= 11 is 3.96. The minimum absolute atomic E-state index is 0.195. The number of alkyl halides is 6. The average Bonchev–Trinajstić information content (AvgIpc) is 2.05. The van der Waals surface area contributed by atoms with Crippen molar-refractivity contribution >= 4 is 38.5 Å². The molecule has 0 bridgehead atoms. The topological polar surface area (TPSA) is 22.1 Å². The zero-order valence-electron chi connectivity index (χ0n) is 7.46. The van der Waals surface area contributed by atoms with E-state index in [4.69, 9.17) is 0 Å². The Morgan fingerprint density at radius 2 is 1.71 bits per heavy atom. The highest BCUT2D eigenvalue weighted by molar-refractivity contribution is 14.1. The number of hydrogen-bond acceptors (Lipinski definition) is 2. The van der Waals surface area contributed by atoms with Gasteiger partial charge in [-0.1, -0.05) is 0 Å². The molecule has 0 N–H and O–H groups in total. The van der Waals surface area contributed by atoms with Gasteiger partial charge in [0.2, 0.25) is 5.88 Å². The molecule has 0 unspecified atom stereocenters. The van der Waals surface area contributed by atoms with Gasteiger partial charge < -0.3 is 4.74 Å². The van der Waals surface area contributed by atoms with E-state index >= 15 is 0 Å². The van der Waals surface area contributed by atoms with Crippen LogP contribution < -0.4 is 4.74 Å². The third-order valence-electron chi connectivity index (χ3n) is 1.38. The molecule has 0 amide bonds. The fourth-order valence-corrected chi connectivity index (χ4v) is 2.34. The number of aromatic nitrogens is 1. The Hall–Kier alpha value is -0.260. The van der Waals surface area contributed by atoms with E-state index in [0.29, 0.717) is 0 Å². The van der Waals surface area contributed by atoms with Crippen molar-refractivity contribution in [1.29, 1.82) is 0 Å². The second-order valence-corrected chi connectivity index (χ2v) is 4.67. The van der Waals surface area contributed by atoms with Gasteiger partial charge in [-0.25, -0.2) is 4.98 Å². The van der Waals surface area contributed by atoms with Gasteiger partial charge in [0.15, 0.2) is 5.69 Å². The summed E-state index contributed by atoms with van der Waals surface area (Å²) < 4.78 is 75.5. The summed E-state index contributed by atoms with van der Waals surface area (Å²) in [6.07, 6.45) is -9.96. The van der Waals surface area contributed by atoms with E-state index in [1.165, 1.54) is 22.6 Å². The third-order valence-corrected chi connectivity index (χ3v) is 2.76. The minimum Gasteiger partial charge on any atom is -0.387 e. The number of halogens is 8. The molecule has 0 atom stereocenters. The van der Waals surface area contributed by atoms with Crippen LogP contribution in [0.4, 0.5) is 26.3 Å². The predicted molar refractivity (Wildman–Crippen MR) is 56.3 cm³/mol. The first-order valence-electron chi connectivity index (χ1n) is 3.69. The molecule has 0 aliphatic rings. The Balaban J connectivity index is 3.25. The molecule has 17 heavy (non-hydrogen) atoms. The number of pyridine rings is 1. The summed E-state index contributed by atoms with van der Waals surface area (Å²) in [5, 5.41) is 0. The van der Waals surface area contributed by atoms with E-state index in [1.54, 1.807) is 0 Å². The van der Waals surface area contributed by atoms with Gasteiger partial charge in [-0.15, -0.1) is 13.2 Å². The monoisotopic (exact) mass is 435 g/mol. The summed E-state index contributed by atoms with van der Waals surface area (Å²) in [6, 6.07) is 0.845. The van der Waals surface area contributed by atoms with Crippen molar-refractivity contribution in [1.82, 2.24) is 4.98 Å². The van der Waals surface area contributed by atoms with E-state index in [-0.39, 0.29) is 3.57 Å². The molecule has 0 radical (unpaired) electrons. The van der Waals surface area contributed by atoms with Crippen LogP contribution in [0.3, 0.4) is 0 Å². The lowest BCUT2D eigenvalue weighted by molar-refractivity contribution is -0.276. The first-order valence-corrected chi connectivity index (χ1v) is 5.57. The molecule has 10 heteroatoms. The molecular weight excluding hydrogens is 435 g/mol. The van der Waals surface area contributed by atoms with Crippen molar-refractivity contribution in [2.75, 3.05) is 0 Å². The Kier molecular flexibility index (Phi) is 4.16. The summed E-state index contributed by atoms with van der Waals surface area (Å²) in [6.45, 7) is 0. The Labute approximate surface area is 113 Å². The normalized spacial score (nSPS) is 12.7. The molecule has 2 nitrogen and oxygen atoms in total. The first-order chi connectivity index (χ1) is 7.50. The van der Waals surface area contributed by atoms with E-state index < -0.39 is 28.6 Å². The highest BCUT2D eigenvalue weighted by Gasteiger charge is 2.38. The quantitative estimate of drug-likeness (QED) is 0.483. The molecule has 1 rings (SSSR count). The number of rotatable bonds is 1. The standard InChI is InChI=1S/C7HBrF6INO/c8-2-1-3(15)5(17-7(12,13)14)16-4(2)6(9,10)11/h1H. The van der Waals surface area contributed by atoms with Crippen molar-refractivity contribution < 1.29 is 31.1 Å². The molecule has 96 valence electrons. The van der Waals surface area contributed by atoms with Gasteiger partial charge in [-0.2, -0.15) is 13.2 Å². The van der Waals surface area contributed by atoms with Crippen LogP contribution in [0.15, 0.2) is 10.5 Å². The first kappa shape index (κ1) is 14.8. The summed E-state index contributed by atoms with van der Waals surface area (Å²) in [7, 11) is 0. The molecule has 0 fully saturated rings. The average molecular weight is 436 g/mol. The van der Waals surface area contributed by atoms with Crippen LogP contribution in [0.1, 0.15) is 5.69 Å². The fraction of sp³-hybridized carbons (Fsp3) is 0.286. The third kappa shape index (κ3) is 4.16. The van der Waals surface area contributed by atoms with Gasteiger partial charge in [-0.05, 0) is 44.6 Å². The Morgan fingerprint density at radius 1 is 1.18 bits per heavy atom. The van der Waals surface area contributed by atoms with Gasteiger partial charge in [0.05, 0.1) is 3.57 Å². The summed E-state index contributed by atoms with van der Waals surface area (Å²) in [5.74, 6) is -1.13. The van der Waals surface area contributed by atoms with Gasteiger partial charge >= 0.3 is 12.5 Å². The van der Waals surface area contributed by atoms with Crippen molar-refractivity contribution in [2.24, 2.45) is 0 Å². The lowest BCUT2D eigenvalue weighted by Gasteiger charge is -2.13. The van der Waals surface area contributed by atoms with Crippen molar-refractivity contribution in [3.05, 3.63) is 19.8 Å². The molecule has 0 saturated heterocycles. The highest BCUT2D eigenvalue weighted by atomic mass is 127. The summed E-state index contributed by atoms with van der Waals surface area (Å²) in [4.78, 5) is 2.81. The van der Waals surface area contributed by atoms with Gasteiger partial charge in [0.25, 0.3) is 0 Å². The van der Waals surface area contributed by atoms with Crippen LogP contribution in [0, 0.1) is 3.57 Å². The lowest BCUT2D eigenvalue weighted by atomic mass is 10.3. The maximum Gasteiger partial charge on any atom is 0.574 e. The smallest absolute Gasteiger partial charge is 0.387 e. The van der Waals surface area contributed by atoms with E-state index in [0.717, 1.165) is 6.07 Å². The van der Waals surface area contributed by atoms with Crippen LogP contribution in [-0.4, -0.2) is 11.3 Å². The second-order valence-electron chi connectivity index (χ2n) is 2.65. The van der Waals surface area contributed by atoms with Crippen molar-refractivity contribution in [2.45, 2.75) is 12.5 Å². The van der Waals surface area contributed by atoms with Crippen molar-refractivity contribution in [3.63, 3.8) is 0 Å². The van der Waals surface area contributed by atoms with Crippen molar-refractivity contribution in [3.8, 4) is 5.88 Å². The molecule has 0 saturated carbocycles. The highest BCUT2D eigenvalue weighted by Crippen LogP contribution is 2.37. The molecule has 0 aliphatic heterocycles. The molecule has 0 spiro atoms. The maximum atomic E-state index is 12.4. The zero-order valence-corrected chi connectivity index (χ0v) is 11.2. The second kappa shape index (κ2) is 4.78.